The Balaban J connectivity index is 1.58. The van der Waals surface area contributed by atoms with Gasteiger partial charge in [-0.15, -0.1) is 11.8 Å². The van der Waals surface area contributed by atoms with Crippen LogP contribution in [0.25, 0.3) is 11.0 Å². The molecule has 0 radical (unpaired) electrons. The Bertz CT molecular complexity index is 634. The van der Waals surface area contributed by atoms with Gasteiger partial charge in [-0.05, 0) is 36.1 Å². The predicted molar refractivity (Wildman–Crippen MR) is 96.7 cm³/mol. The van der Waals surface area contributed by atoms with Gasteiger partial charge in [0, 0.05) is 19.5 Å². The summed E-state index contributed by atoms with van der Waals surface area (Å²) in [7, 11) is 0. The van der Waals surface area contributed by atoms with Crippen LogP contribution in [0.4, 0.5) is 0 Å². The number of aromatic nitrogens is 2. The first-order chi connectivity index (χ1) is 11.1. The lowest BCUT2D eigenvalue weighted by molar-refractivity contribution is -0.130. The topological polar surface area (TPSA) is 49.0 Å². The van der Waals surface area contributed by atoms with Crippen molar-refractivity contribution in [3.8, 4) is 0 Å². The maximum atomic E-state index is 12.3. The van der Waals surface area contributed by atoms with Crippen molar-refractivity contribution in [3.05, 3.63) is 30.1 Å². The number of carbonyl (C=O) groups is 1. The number of fused-ring (bicyclic) bond motifs is 1. The van der Waals surface area contributed by atoms with Crippen LogP contribution in [0.2, 0.25) is 0 Å². The molecule has 2 heterocycles. The molecule has 1 aromatic heterocycles. The SMILES string of the molecule is CC(C)SCC(=O)N1CCC[C@H](Cc2nc3ccccc3[nH]2)C1. The number of nitrogens with zero attached hydrogens (tertiary/aromatic N) is 2. The minimum atomic E-state index is 0.290. The fourth-order valence-corrected chi connectivity index (χ4v) is 3.82. The number of para-hydroxylation sites is 2. The molecule has 1 aliphatic heterocycles. The van der Waals surface area contributed by atoms with Gasteiger partial charge in [0.1, 0.15) is 5.82 Å². The zero-order chi connectivity index (χ0) is 16.2. The van der Waals surface area contributed by atoms with Crippen LogP contribution in [0.3, 0.4) is 0 Å². The number of likely N-dealkylation sites (tertiary alicyclic amines) is 1. The molecule has 0 bridgehead atoms. The van der Waals surface area contributed by atoms with Gasteiger partial charge in [-0.3, -0.25) is 4.79 Å². The van der Waals surface area contributed by atoms with E-state index in [4.69, 9.17) is 0 Å². The zero-order valence-corrected chi connectivity index (χ0v) is 14.7. The fraction of sp³-hybridized carbons (Fsp3) is 0.556. The lowest BCUT2D eigenvalue weighted by Gasteiger charge is -2.32. The summed E-state index contributed by atoms with van der Waals surface area (Å²) in [5, 5.41) is 0.509. The first kappa shape index (κ1) is 16.4. The summed E-state index contributed by atoms with van der Waals surface area (Å²) < 4.78 is 0. The smallest absolute Gasteiger partial charge is 0.232 e. The van der Waals surface area contributed by atoms with Crippen LogP contribution in [-0.2, 0) is 11.2 Å². The number of carbonyl (C=O) groups excluding carboxylic acids is 1. The largest absolute Gasteiger partial charge is 0.342 e. The Kier molecular flexibility index (Phi) is 5.26. The number of hydrogen-bond donors (Lipinski definition) is 1. The number of hydrogen-bond acceptors (Lipinski definition) is 3. The fourth-order valence-electron chi connectivity index (χ4n) is 3.16. The van der Waals surface area contributed by atoms with Gasteiger partial charge in [0.2, 0.25) is 5.91 Å². The average molecular weight is 331 g/mol. The summed E-state index contributed by atoms with van der Waals surface area (Å²) in [6, 6.07) is 8.14. The number of piperidine rings is 1. The molecular formula is C18H25N3OS. The summed E-state index contributed by atoms with van der Waals surface area (Å²) in [6.07, 6.45) is 3.21. The zero-order valence-electron chi connectivity index (χ0n) is 13.9. The predicted octanol–water partition coefficient (Wildman–Crippen LogP) is 3.49. The van der Waals surface area contributed by atoms with E-state index in [2.05, 4.69) is 29.9 Å². The van der Waals surface area contributed by atoms with Crippen molar-refractivity contribution in [2.45, 2.75) is 38.4 Å². The highest BCUT2D eigenvalue weighted by Crippen LogP contribution is 2.22. The van der Waals surface area contributed by atoms with E-state index in [9.17, 15) is 4.79 Å². The number of imidazole rings is 1. The van der Waals surface area contributed by atoms with Gasteiger partial charge in [0.05, 0.1) is 16.8 Å². The van der Waals surface area contributed by atoms with E-state index in [0.717, 1.165) is 42.8 Å². The first-order valence-corrected chi connectivity index (χ1v) is 9.49. The van der Waals surface area contributed by atoms with Crippen LogP contribution in [0.15, 0.2) is 24.3 Å². The Morgan fingerprint density at radius 1 is 1.43 bits per heavy atom. The lowest BCUT2D eigenvalue weighted by atomic mass is 9.94. The number of amides is 1. The van der Waals surface area contributed by atoms with Crippen LogP contribution in [-0.4, -0.2) is 44.9 Å². The molecule has 0 aliphatic carbocycles. The van der Waals surface area contributed by atoms with E-state index < -0.39 is 0 Å². The van der Waals surface area contributed by atoms with Crippen molar-refractivity contribution in [2.24, 2.45) is 5.92 Å². The molecule has 0 spiro atoms. The Hall–Kier alpha value is -1.49. The number of H-pyrrole nitrogens is 1. The molecule has 124 valence electrons. The van der Waals surface area contributed by atoms with Crippen molar-refractivity contribution < 1.29 is 4.79 Å². The molecule has 1 amide bonds. The molecule has 1 aliphatic rings. The number of aromatic amines is 1. The van der Waals surface area contributed by atoms with E-state index in [1.165, 1.54) is 6.42 Å². The van der Waals surface area contributed by atoms with E-state index in [1.807, 2.05) is 23.1 Å². The maximum Gasteiger partial charge on any atom is 0.232 e. The summed E-state index contributed by atoms with van der Waals surface area (Å²) in [6.45, 7) is 6.06. The first-order valence-electron chi connectivity index (χ1n) is 8.45. The van der Waals surface area contributed by atoms with Gasteiger partial charge < -0.3 is 9.88 Å². The van der Waals surface area contributed by atoms with Crippen LogP contribution in [0.5, 0.6) is 0 Å². The van der Waals surface area contributed by atoms with Gasteiger partial charge in [0.25, 0.3) is 0 Å². The van der Waals surface area contributed by atoms with Gasteiger partial charge in [0.15, 0.2) is 0 Å². The molecule has 23 heavy (non-hydrogen) atoms. The minimum absolute atomic E-state index is 0.290. The number of benzene rings is 1. The number of nitrogens with one attached hydrogen (secondary N) is 1. The van der Waals surface area contributed by atoms with Crippen molar-refractivity contribution in [1.82, 2.24) is 14.9 Å². The molecule has 1 N–H and O–H groups in total. The molecule has 4 nitrogen and oxygen atoms in total. The minimum Gasteiger partial charge on any atom is -0.342 e. The molecule has 5 heteroatoms. The molecule has 1 aromatic carbocycles. The standard InChI is InChI=1S/C18H25N3OS/c1-13(2)23-12-18(22)21-9-5-6-14(11-21)10-17-19-15-7-3-4-8-16(15)20-17/h3-4,7-8,13-14H,5-6,9-12H2,1-2H3,(H,19,20)/t14-/m1/s1. The normalized spacial score (nSPS) is 18.7. The van der Waals surface area contributed by atoms with Crippen molar-refractivity contribution in [1.29, 1.82) is 0 Å². The average Bonchev–Trinajstić information content (AvgIpc) is 2.95. The molecule has 1 saturated heterocycles. The van der Waals surface area contributed by atoms with E-state index in [1.54, 1.807) is 11.8 Å². The molecule has 2 aromatic rings. The highest BCUT2D eigenvalue weighted by atomic mass is 32.2. The summed E-state index contributed by atoms with van der Waals surface area (Å²) >= 11 is 1.73. The molecule has 1 atom stereocenters. The molecule has 3 rings (SSSR count). The van der Waals surface area contributed by atoms with Crippen molar-refractivity contribution in [2.75, 3.05) is 18.8 Å². The lowest BCUT2D eigenvalue weighted by Crippen LogP contribution is -2.41. The third-order valence-corrected chi connectivity index (χ3v) is 5.41. The third-order valence-electron chi connectivity index (χ3n) is 4.33. The van der Waals surface area contributed by atoms with Gasteiger partial charge >= 0.3 is 0 Å². The second-order valence-electron chi connectivity index (χ2n) is 6.61. The number of rotatable bonds is 5. The third kappa shape index (κ3) is 4.28. The van der Waals surface area contributed by atoms with Crippen molar-refractivity contribution in [3.63, 3.8) is 0 Å². The molecule has 0 saturated carbocycles. The Morgan fingerprint density at radius 3 is 3.04 bits per heavy atom. The number of thioether (sulfide) groups is 1. The van der Waals surface area contributed by atoms with Crippen LogP contribution in [0, 0.1) is 5.92 Å². The summed E-state index contributed by atoms with van der Waals surface area (Å²) in [4.78, 5) is 22.5. The van der Waals surface area contributed by atoms with E-state index >= 15 is 0 Å². The summed E-state index contributed by atoms with van der Waals surface area (Å²) in [5.74, 6) is 2.45. The quantitative estimate of drug-likeness (QED) is 0.912. The van der Waals surface area contributed by atoms with Crippen LogP contribution < -0.4 is 0 Å². The van der Waals surface area contributed by atoms with Crippen molar-refractivity contribution >= 4 is 28.7 Å². The second kappa shape index (κ2) is 7.39. The van der Waals surface area contributed by atoms with Gasteiger partial charge in [-0.25, -0.2) is 4.98 Å². The second-order valence-corrected chi connectivity index (χ2v) is 8.18. The van der Waals surface area contributed by atoms with Gasteiger partial charge in [-0.2, -0.15) is 0 Å². The monoisotopic (exact) mass is 331 g/mol. The van der Waals surface area contributed by atoms with Crippen LogP contribution >= 0.6 is 11.8 Å². The highest BCUT2D eigenvalue weighted by Gasteiger charge is 2.24. The van der Waals surface area contributed by atoms with E-state index in [0.29, 0.717) is 16.9 Å². The Labute approximate surface area is 142 Å². The molecule has 1 fully saturated rings. The Morgan fingerprint density at radius 2 is 2.26 bits per heavy atom. The molecular weight excluding hydrogens is 306 g/mol. The van der Waals surface area contributed by atoms with Gasteiger partial charge in [-0.1, -0.05) is 26.0 Å². The summed E-state index contributed by atoms with van der Waals surface area (Å²) in [5.41, 5.74) is 2.12. The molecule has 0 unspecified atom stereocenters. The highest BCUT2D eigenvalue weighted by molar-refractivity contribution is 8.00. The maximum absolute atomic E-state index is 12.3. The van der Waals surface area contributed by atoms with E-state index in [-0.39, 0.29) is 5.91 Å². The van der Waals surface area contributed by atoms with Crippen LogP contribution in [0.1, 0.15) is 32.5 Å².